The fraction of sp³-hybridized carbons (Fsp3) is 0.476. The predicted molar refractivity (Wildman–Crippen MR) is 104 cm³/mol. The lowest BCUT2D eigenvalue weighted by Gasteiger charge is -2.37. The number of amides is 3. The summed E-state index contributed by atoms with van der Waals surface area (Å²) < 4.78 is 5.42. The zero-order valence-electron chi connectivity index (χ0n) is 16.0. The molecular weight excluding hydrogens is 358 g/mol. The van der Waals surface area contributed by atoms with Crippen LogP contribution in [0.3, 0.4) is 0 Å². The molecule has 1 aromatic rings. The average Bonchev–Trinajstić information content (AvgIpc) is 2.99. The second-order valence-electron chi connectivity index (χ2n) is 7.46. The molecule has 0 saturated carbocycles. The Morgan fingerprint density at radius 3 is 2.21 bits per heavy atom. The molecule has 1 aromatic carbocycles. The number of para-hydroxylation sites is 2. The lowest BCUT2D eigenvalue weighted by atomic mass is 9.85. The van der Waals surface area contributed by atoms with E-state index in [2.05, 4.69) is 4.90 Å². The summed E-state index contributed by atoms with van der Waals surface area (Å²) in [6.45, 7) is 2.34. The first kappa shape index (κ1) is 18.5. The Labute approximate surface area is 164 Å². The van der Waals surface area contributed by atoms with Crippen molar-refractivity contribution >= 4 is 23.4 Å². The molecule has 0 radical (unpaired) electrons. The summed E-state index contributed by atoms with van der Waals surface area (Å²) in [6, 6.07) is 7.83. The van der Waals surface area contributed by atoms with Crippen molar-refractivity contribution in [2.45, 2.75) is 12.8 Å². The number of hydrogen-bond acceptors (Lipinski definition) is 5. The highest BCUT2D eigenvalue weighted by molar-refractivity contribution is 6.07. The number of hydrogen-bond donors (Lipinski definition) is 0. The molecule has 2 fully saturated rings. The maximum Gasteiger partial charge on any atom is 0.242 e. The van der Waals surface area contributed by atoms with E-state index < -0.39 is 0 Å². The molecule has 3 aliphatic rings. The number of nitrogens with zero attached hydrogens (tertiary/aromatic N) is 3. The van der Waals surface area contributed by atoms with Crippen LogP contribution < -0.4 is 9.64 Å². The van der Waals surface area contributed by atoms with Crippen LogP contribution in [0.25, 0.3) is 0 Å². The maximum atomic E-state index is 12.7. The van der Waals surface area contributed by atoms with Gasteiger partial charge in [-0.25, -0.2) is 0 Å². The van der Waals surface area contributed by atoms with Crippen LogP contribution >= 0.6 is 0 Å². The maximum absolute atomic E-state index is 12.7. The monoisotopic (exact) mass is 383 g/mol. The summed E-state index contributed by atoms with van der Waals surface area (Å²) in [5.74, 6) is -0.305. The Bertz CT molecular complexity index is 788. The van der Waals surface area contributed by atoms with Crippen LogP contribution in [-0.4, -0.2) is 67.4 Å². The minimum absolute atomic E-state index is 0.140. The van der Waals surface area contributed by atoms with Crippen molar-refractivity contribution in [2.24, 2.45) is 11.8 Å². The molecule has 148 valence electrons. The number of carbonyl (C=O) groups is 3. The molecule has 0 aromatic heterocycles. The van der Waals surface area contributed by atoms with Crippen molar-refractivity contribution in [1.82, 2.24) is 9.80 Å². The van der Waals surface area contributed by atoms with Crippen LogP contribution in [0.1, 0.15) is 12.8 Å². The Morgan fingerprint density at radius 2 is 1.61 bits per heavy atom. The number of carbonyl (C=O) groups excluding carboxylic acids is 3. The number of anilines is 1. The van der Waals surface area contributed by atoms with Gasteiger partial charge in [0.25, 0.3) is 0 Å². The molecule has 28 heavy (non-hydrogen) atoms. The highest BCUT2D eigenvalue weighted by Gasteiger charge is 2.48. The van der Waals surface area contributed by atoms with E-state index in [9.17, 15) is 14.4 Å². The molecule has 0 N–H and O–H groups in total. The van der Waals surface area contributed by atoms with Crippen LogP contribution in [0.2, 0.25) is 0 Å². The highest BCUT2D eigenvalue weighted by atomic mass is 16.5. The standard InChI is InChI=1S/C21H25N3O4/c1-28-18-9-5-4-8-17(18)22-10-12-23(13-11-22)19(25)14-24-20(26)15-6-2-3-7-16(15)21(24)27/h2-5,8-9,15-16H,6-7,10-14H2,1H3/t15-,16-/m0/s1. The van der Waals surface area contributed by atoms with Gasteiger partial charge in [-0.15, -0.1) is 0 Å². The first-order chi connectivity index (χ1) is 13.6. The summed E-state index contributed by atoms with van der Waals surface area (Å²) >= 11 is 0. The molecule has 2 aliphatic heterocycles. The minimum atomic E-state index is -0.285. The smallest absolute Gasteiger partial charge is 0.242 e. The summed E-state index contributed by atoms with van der Waals surface area (Å²) in [7, 11) is 1.65. The van der Waals surface area contributed by atoms with Gasteiger partial charge in [-0.3, -0.25) is 19.3 Å². The molecule has 2 atom stereocenters. The van der Waals surface area contributed by atoms with Gasteiger partial charge < -0.3 is 14.5 Å². The number of likely N-dealkylation sites (tertiary alicyclic amines) is 1. The fourth-order valence-electron chi connectivity index (χ4n) is 4.35. The van der Waals surface area contributed by atoms with Crippen molar-refractivity contribution in [3.8, 4) is 5.75 Å². The Kier molecular flexibility index (Phi) is 5.07. The molecule has 7 heteroatoms. The summed E-state index contributed by atoms with van der Waals surface area (Å²) in [4.78, 5) is 43.0. The van der Waals surface area contributed by atoms with E-state index in [0.717, 1.165) is 11.4 Å². The molecule has 7 nitrogen and oxygen atoms in total. The third-order valence-electron chi connectivity index (χ3n) is 5.95. The third-order valence-corrected chi connectivity index (χ3v) is 5.95. The molecule has 2 heterocycles. The van der Waals surface area contributed by atoms with Crippen LogP contribution in [0.15, 0.2) is 36.4 Å². The van der Waals surface area contributed by atoms with E-state index in [-0.39, 0.29) is 36.1 Å². The Morgan fingerprint density at radius 1 is 1.00 bits per heavy atom. The number of piperazine rings is 1. The van der Waals surface area contributed by atoms with E-state index in [1.54, 1.807) is 12.0 Å². The molecular formula is C21H25N3O4. The first-order valence-corrected chi connectivity index (χ1v) is 9.76. The van der Waals surface area contributed by atoms with Crippen LogP contribution in [0.4, 0.5) is 5.69 Å². The number of methoxy groups -OCH3 is 1. The van der Waals surface area contributed by atoms with Gasteiger partial charge in [-0.1, -0.05) is 24.3 Å². The van der Waals surface area contributed by atoms with Crippen LogP contribution in [-0.2, 0) is 14.4 Å². The molecule has 3 amide bonds. The predicted octanol–water partition coefficient (Wildman–Crippen LogP) is 1.29. The normalized spacial score (nSPS) is 24.5. The molecule has 2 saturated heterocycles. The molecule has 0 unspecified atom stereocenters. The Hall–Kier alpha value is -2.83. The van der Waals surface area contributed by atoms with Gasteiger partial charge in [-0.05, 0) is 25.0 Å². The average molecular weight is 383 g/mol. The van der Waals surface area contributed by atoms with Crippen molar-refractivity contribution < 1.29 is 19.1 Å². The molecule has 0 spiro atoms. The minimum Gasteiger partial charge on any atom is -0.495 e. The van der Waals surface area contributed by atoms with Gasteiger partial charge >= 0.3 is 0 Å². The summed E-state index contributed by atoms with van der Waals surface area (Å²) in [5.41, 5.74) is 1.01. The van der Waals surface area contributed by atoms with Crippen molar-refractivity contribution in [2.75, 3.05) is 44.7 Å². The van der Waals surface area contributed by atoms with Gasteiger partial charge in [0, 0.05) is 26.2 Å². The van der Waals surface area contributed by atoms with E-state index in [0.29, 0.717) is 39.0 Å². The highest BCUT2D eigenvalue weighted by Crippen LogP contribution is 2.35. The zero-order valence-corrected chi connectivity index (χ0v) is 16.0. The van der Waals surface area contributed by atoms with Crippen molar-refractivity contribution in [3.63, 3.8) is 0 Å². The zero-order chi connectivity index (χ0) is 19.7. The number of fused-ring (bicyclic) bond motifs is 1. The number of allylic oxidation sites excluding steroid dienone is 2. The number of imide groups is 1. The number of benzene rings is 1. The van der Waals surface area contributed by atoms with Crippen LogP contribution in [0.5, 0.6) is 5.75 Å². The van der Waals surface area contributed by atoms with E-state index in [1.807, 2.05) is 36.4 Å². The van der Waals surface area contributed by atoms with Gasteiger partial charge in [0.15, 0.2) is 0 Å². The summed E-state index contributed by atoms with van der Waals surface area (Å²) in [5, 5.41) is 0. The second-order valence-corrected chi connectivity index (χ2v) is 7.46. The van der Waals surface area contributed by atoms with Crippen molar-refractivity contribution in [1.29, 1.82) is 0 Å². The van der Waals surface area contributed by atoms with E-state index >= 15 is 0 Å². The number of rotatable bonds is 4. The number of ether oxygens (including phenoxy) is 1. The second kappa shape index (κ2) is 7.66. The summed E-state index contributed by atoms with van der Waals surface area (Å²) in [6.07, 6.45) is 5.10. The van der Waals surface area contributed by atoms with Gasteiger partial charge in [0.2, 0.25) is 17.7 Å². The van der Waals surface area contributed by atoms with Gasteiger partial charge in [-0.2, -0.15) is 0 Å². The topological polar surface area (TPSA) is 70.2 Å². The van der Waals surface area contributed by atoms with Gasteiger partial charge in [0.1, 0.15) is 12.3 Å². The lowest BCUT2D eigenvalue weighted by molar-refractivity contribution is -0.146. The molecule has 4 rings (SSSR count). The fourth-order valence-corrected chi connectivity index (χ4v) is 4.35. The molecule has 1 aliphatic carbocycles. The van der Waals surface area contributed by atoms with E-state index in [1.165, 1.54) is 4.90 Å². The first-order valence-electron chi connectivity index (χ1n) is 9.76. The third kappa shape index (κ3) is 3.25. The van der Waals surface area contributed by atoms with Crippen molar-refractivity contribution in [3.05, 3.63) is 36.4 Å². The quantitative estimate of drug-likeness (QED) is 0.579. The Balaban J connectivity index is 1.36. The van der Waals surface area contributed by atoms with E-state index in [4.69, 9.17) is 4.74 Å². The van der Waals surface area contributed by atoms with Crippen LogP contribution in [0, 0.1) is 11.8 Å². The lowest BCUT2D eigenvalue weighted by Crippen LogP contribution is -2.52. The van der Waals surface area contributed by atoms with Gasteiger partial charge in [0.05, 0.1) is 24.6 Å². The SMILES string of the molecule is COc1ccccc1N1CCN(C(=O)CN2C(=O)[C@H]3CC=CC[C@@H]3C2=O)CC1. The largest absolute Gasteiger partial charge is 0.495 e. The molecule has 0 bridgehead atoms.